The summed E-state index contributed by atoms with van der Waals surface area (Å²) in [7, 11) is 1.63. The molecule has 3 aromatic carbocycles. The average molecular weight is 464 g/mol. The number of halogens is 1. The SMILES string of the molecule is COc1ccc(-c2cc(=[NH+]NC(=O)c3ccc(Br)cc3)c3cc(C)ccc3o2)cc1. The minimum absolute atomic E-state index is 0.227. The summed E-state index contributed by atoms with van der Waals surface area (Å²) in [6, 6.07) is 22.6. The summed E-state index contributed by atoms with van der Waals surface area (Å²) in [5.74, 6) is 1.22. The van der Waals surface area contributed by atoms with Crippen molar-refractivity contribution >= 4 is 32.8 Å². The summed E-state index contributed by atoms with van der Waals surface area (Å²) < 4.78 is 12.3. The first-order chi connectivity index (χ1) is 14.5. The van der Waals surface area contributed by atoms with Crippen LogP contribution < -0.4 is 20.6 Å². The van der Waals surface area contributed by atoms with Crippen molar-refractivity contribution < 1.29 is 19.0 Å². The van der Waals surface area contributed by atoms with Gasteiger partial charge in [0.15, 0.2) is 0 Å². The standard InChI is InChI=1S/C24H19BrN2O3/c1-15-3-12-22-20(13-15)21(26-27-24(28)17-4-8-18(25)9-5-17)14-23(30-22)16-6-10-19(29-2)11-7-16/h3-14H,1-2H3,(H,27,28)/p+1. The van der Waals surface area contributed by atoms with Crippen LogP contribution in [0.1, 0.15) is 15.9 Å². The molecule has 2 N–H and O–H groups in total. The Bertz CT molecular complexity index is 1280. The molecule has 0 bridgehead atoms. The maximum absolute atomic E-state index is 12.5. The highest BCUT2D eigenvalue weighted by Crippen LogP contribution is 2.24. The molecular formula is C24H20BrN2O3+. The zero-order valence-electron chi connectivity index (χ0n) is 16.5. The highest BCUT2D eigenvalue weighted by atomic mass is 79.9. The van der Waals surface area contributed by atoms with E-state index in [-0.39, 0.29) is 5.91 Å². The van der Waals surface area contributed by atoms with Gasteiger partial charge in [-0.25, -0.2) is 0 Å². The molecule has 0 saturated carbocycles. The lowest BCUT2D eigenvalue weighted by molar-refractivity contribution is -0.548. The number of hydrazine groups is 1. The molecule has 0 saturated heterocycles. The number of methoxy groups -OCH3 is 1. The van der Waals surface area contributed by atoms with Crippen molar-refractivity contribution in [3.05, 3.63) is 93.8 Å². The van der Waals surface area contributed by atoms with Gasteiger partial charge in [0.25, 0.3) is 0 Å². The lowest BCUT2D eigenvalue weighted by Gasteiger charge is -2.05. The van der Waals surface area contributed by atoms with E-state index in [4.69, 9.17) is 9.15 Å². The van der Waals surface area contributed by atoms with E-state index < -0.39 is 0 Å². The van der Waals surface area contributed by atoms with Gasteiger partial charge in [0.2, 0.25) is 5.36 Å². The molecule has 0 aliphatic carbocycles. The maximum atomic E-state index is 12.5. The Morgan fingerprint density at radius 1 is 1.00 bits per heavy atom. The molecule has 1 aromatic heterocycles. The highest BCUT2D eigenvalue weighted by Gasteiger charge is 2.12. The van der Waals surface area contributed by atoms with Crippen LogP contribution in [0, 0.1) is 6.92 Å². The van der Waals surface area contributed by atoms with Gasteiger partial charge in [-0.3, -0.25) is 4.79 Å². The molecule has 30 heavy (non-hydrogen) atoms. The number of benzene rings is 3. The average Bonchev–Trinajstić information content (AvgIpc) is 2.77. The molecule has 4 aromatic rings. The van der Waals surface area contributed by atoms with E-state index in [0.717, 1.165) is 32.1 Å². The van der Waals surface area contributed by atoms with Gasteiger partial charge in [0.1, 0.15) is 17.1 Å². The first kappa shape index (κ1) is 19.9. The van der Waals surface area contributed by atoms with E-state index in [0.29, 0.717) is 16.9 Å². The van der Waals surface area contributed by atoms with Crippen LogP contribution in [0.15, 0.2) is 81.7 Å². The molecule has 5 nitrogen and oxygen atoms in total. The lowest BCUT2D eigenvalue weighted by Crippen LogP contribution is -2.87. The van der Waals surface area contributed by atoms with Gasteiger partial charge >= 0.3 is 5.91 Å². The number of nitrogens with one attached hydrogen (secondary N) is 2. The summed E-state index contributed by atoms with van der Waals surface area (Å²) in [6.07, 6.45) is 0. The summed E-state index contributed by atoms with van der Waals surface area (Å²) >= 11 is 3.38. The maximum Gasteiger partial charge on any atom is 0.304 e. The van der Waals surface area contributed by atoms with Crippen molar-refractivity contribution in [2.45, 2.75) is 6.92 Å². The molecule has 0 unspecified atom stereocenters. The molecule has 4 rings (SSSR count). The van der Waals surface area contributed by atoms with Crippen LogP contribution in [0.25, 0.3) is 22.3 Å². The second kappa shape index (κ2) is 8.55. The summed E-state index contributed by atoms with van der Waals surface area (Å²) in [4.78, 5) is 12.5. The van der Waals surface area contributed by atoms with E-state index in [9.17, 15) is 4.79 Å². The number of carbonyl (C=O) groups is 1. The monoisotopic (exact) mass is 463 g/mol. The minimum atomic E-state index is -0.227. The van der Waals surface area contributed by atoms with Crippen molar-refractivity contribution in [2.75, 3.05) is 7.11 Å². The third kappa shape index (κ3) is 4.28. The smallest absolute Gasteiger partial charge is 0.304 e. The number of hydrogen-bond acceptors (Lipinski definition) is 3. The summed E-state index contributed by atoms with van der Waals surface area (Å²) in [5, 5.41) is 4.69. The Balaban J connectivity index is 1.77. The highest BCUT2D eigenvalue weighted by molar-refractivity contribution is 9.10. The van der Waals surface area contributed by atoms with Gasteiger partial charge in [-0.1, -0.05) is 27.6 Å². The number of fused-ring (bicyclic) bond motifs is 1. The predicted octanol–water partition coefficient (Wildman–Crippen LogP) is 3.51. The summed E-state index contributed by atoms with van der Waals surface area (Å²) in [5.41, 5.74) is 6.05. The number of hydrogen-bond donors (Lipinski definition) is 2. The van der Waals surface area contributed by atoms with E-state index in [1.54, 1.807) is 19.2 Å². The fraction of sp³-hybridized carbons (Fsp3) is 0.0833. The van der Waals surface area contributed by atoms with Crippen molar-refractivity contribution in [1.29, 1.82) is 0 Å². The Hall–Kier alpha value is -3.38. The van der Waals surface area contributed by atoms with Crippen molar-refractivity contribution in [2.24, 2.45) is 0 Å². The summed E-state index contributed by atoms with van der Waals surface area (Å²) in [6.45, 7) is 2.01. The van der Waals surface area contributed by atoms with E-state index in [1.807, 2.05) is 67.6 Å². The molecule has 6 heteroatoms. The number of ether oxygens (including phenoxy) is 1. The van der Waals surface area contributed by atoms with Gasteiger partial charge in [0, 0.05) is 15.6 Å². The Morgan fingerprint density at radius 3 is 2.43 bits per heavy atom. The molecule has 0 aliphatic rings. The zero-order chi connectivity index (χ0) is 21.1. The van der Waals surface area contributed by atoms with Crippen LogP contribution in [-0.2, 0) is 0 Å². The second-order valence-corrected chi connectivity index (χ2v) is 7.75. The molecule has 0 radical (unpaired) electrons. The predicted molar refractivity (Wildman–Crippen MR) is 119 cm³/mol. The number of amides is 1. The van der Waals surface area contributed by atoms with Crippen molar-refractivity contribution in [3.8, 4) is 17.1 Å². The van der Waals surface area contributed by atoms with E-state index >= 15 is 0 Å². The fourth-order valence-electron chi connectivity index (χ4n) is 3.10. The number of aryl methyl sites for hydroxylation is 1. The zero-order valence-corrected chi connectivity index (χ0v) is 18.1. The number of carbonyl (C=O) groups excluding carboxylic acids is 1. The van der Waals surface area contributed by atoms with Crippen molar-refractivity contribution in [1.82, 2.24) is 5.43 Å². The topological polar surface area (TPSA) is 65.4 Å². The van der Waals surface area contributed by atoms with Gasteiger partial charge in [-0.2, -0.15) is 0 Å². The van der Waals surface area contributed by atoms with E-state index in [1.165, 1.54) is 0 Å². The van der Waals surface area contributed by atoms with E-state index in [2.05, 4.69) is 26.5 Å². The second-order valence-electron chi connectivity index (χ2n) is 6.84. The third-order valence-electron chi connectivity index (χ3n) is 4.71. The van der Waals surface area contributed by atoms with Gasteiger partial charge in [-0.05, 0) is 67.6 Å². The van der Waals surface area contributed by atoms with Crippen LogP contribution in [0.5, 0.6) is 5.75 Å². The third-order valence-corrected chi connectivity index (χ3v) is 5.24. The molecular weight excluding hydrogens is 444 g/mol. The normalized spacial score (nSPS) is 11.5. The Labute approximate surface area is 182 Å². The minimum Gasteiger partial charge on any atom is -0.497 e. The van der Waals surface area contributed by atoms with Crippen molar-refractivity contribution in [3.63, 3.8) is 0 Å². The van der Waals surface area contributed by atoms with Crippen LogP contribution in [-0.4, -0.2) is 13.0 Å². The molecule has 1 heterocycles. The van der Waals surface area contributed by atoms with Gasteiger partial charge < -0.3 is 9.15 Å². The lowest BCUT2D eigenvalue weighted by atomic mass is 10.1. The molecule has 0 fully saturated rings. The first-order valence-electron chi connectivity index (χ1n) is 9.37. The molecule has 150 valence electrons. The van der Waals surface area contributed by atoms with Crippen LogP contribution in [0.4, 0.5) is 0 Å². The Kier molecular flexibility index (Phi) is 5.68. The van der Waals surface area contributed by atoms with Crippen LogP contribution >= 0.6 is 15.9 Å². The van der Waals surface area contributed by atoms with Gasteiger partial charge in [-0.15, -0.1) is 10.5 Å². The molecule has 1 amide bonds. The first-order valence-corrected chi connectivity index (χ1v) is 10.2. The quantitative estimate of drug-likeness (QED) is 0.455. The fourth-order valence-corrected chi connectivity index (χ4v) is 3.36. The largest absolute Gasteiger partial charge is 0.497 e. The van der Waals surface area contributed by atoms with Crippen LogP contribution in [0.2, 0.25) is 0 Å². The number of rotatable bonds is 4. The molecule has 0 aliphatic heterocycles. The van der Waals surface area contributed by atoms with Gasteiger partial charge in [0.05, 0.1) is 18.6 Å². The Morgan fingerprint density at radius 2 is 1.73 bits per heavy atom. The molecule has 0 spiro atoms. The van der Waals surface area contributed by atoms with Crippen LogP contribution in [0.3, 0.4) is 0 Å². The molecule has 0 atom stereocenters.